The molecule has 1 N–H and O–H groups in total. The molecule has 192 valence electrons. The number of hydrogen-bond acceptors (Lipinski definition) is 7. The molecule has 0 unspecified atom stereocenters. The normalized spacial score (nSPS) is 12.5. The largest absolute Gasteiger partial charge is 0.495 e. The molecule has 0 aromatic heterocycles. The van der Waals surface area contributed by atoms with E-state index in [4.69, 9.17) is 9.47 Å². The molecule has 0 spiro atoms. The summed E-state index contributed by atoms with van der Waals surface area (Å²) in [6.45, 7) is 8.19. The maximum Gasteiger partial charge on any atom is 0.271 e. The second kappa shape index (κ2) is 11.4. The smallest absolute Gasteiger partial charge is 0.271 e. The van der Waals surface area contributed by atoms with E-state index in [-0.39, 0.29) is 42.1 Å². The Morgan fingerprint density at radius 1 is 1.17 bits per heavy atom. The first-order valence-corrected chi connectivity index (χ1v) is 13.0. The van der Waals surface area contributed by atoms with Gasteiger partial charge in [0.1, 0.15) is 29.8 Å². The molecule has 0 aliphatic carbocycles. The number of carbonyl (C=O) groups excluding carboxylic acids is 1. The number of nitro groups is 1. The first-order chi connectivity index (χ1) is 16.3. The summed E-state index contributed by atoms with van der Waals surface area (Å²) in [6, 6.07) is 10.1. The van der Waals surface area contributed by atoms with Crippen LogP contribution in [0.2, 0.25) is 0 Å². The van der Waals surface area contributed by atoms with E-state index in [1.165, 1.54) is 19.2 Å². The Kier molecular flexibility index (Phi) is 9.08. The van der Waals surface area contributed by atoms with Crippen LogP contribution in [-0.2, 0) is 20.2 Å². The lowest BCUT2D eigenvalue weighted by atomic mass is 9.86. The van der Waals surface area contributed by atoms with Crippen molar-refractivity contribution in [3.63, 3.8) is 0 Å². The number of amides is 1. The Hall–Kier alpha value is -3.34. The number of benzene rings is 2. The lowest BCUT2D eigenvalue weighted by molar-refractivity contribution is -0.384. The van der Waals surface area contributed by atoms with E-state index in [2.05, 4.69) is 26.1 Å². The lowest BCUT2D eigenvalue weighted by Crippen LogP contribution is -2.50. The van der Waals surface area contributed by atoms with E-state index in [0.717, 1.165) is 22.2 Å². The number of hydrogen-bond donors (Lipinski definition) is 1. The third kappa shape index (κ3) is 7.08. The van der Waals surface area contributed by atoms with Crippen molar-refractivity contribution in [3.05, 3.63) is 58.1 Å². The molecule has 0 heterocycles. The van der Waals surface area contributed by atoms with Gasteiger partial charge in [-0.25, -0.2) is 8.42 Å². The minimum absolute atomic E-state index is 0.0819. The Labute approximate surface area is 206 Å². The summed E-state index contributed by atoms with van der Waals surface area (Å²) in [7, 11) is -2.69. The van der Waals surface area contributed by atoms with Crippen molar-refractivity contribution in [2.75, 3.05) is 30.8 Å². The number of nitro benzene ring substituents is 1. The average Bonchev–Trinajstić information content (AvgIpc) is 2.78. The first kappa shape index (κ1) is 27.9. The highest BCUT2D eigenvalue weighted by molar-refractivity contribution is 7.92. The van der Waals surface area contributed by atoms with Crippen LogP contribution < -0.4 is 19.1 Å². The lowest BCUT2D eigenvalue weighted by Gasteiger charge is -2.31. The van der Waals surface area contributed by atoms with Crippen molar-refractivity contribution < 1.29 is 27.6 Å². The maximum atomic E-state index is 13.0. The summed E-state index contributed by atoms with van der Waals surface area (Å²) in [5.41, 5.74) is 0.497. The van der Waals surface area contributed by atoms with Crippen LogP contribution in [0.3, 0.4) is 0 Å². The van der Waals surface area contributed by atoms with Crippen molar-refractivity contribution in [1.82, 2.24) is 5.32 Å². The topological polar surface area (TPSA) is 128 Å². The van der Waals surface area contributed by atoms with Gasteiger partial charge in [0.05, 0.1) is 24.8 Å². The fourth-order valence-electron chi connectivity index (χ4n) is 3.66. The molecule has 0 saturated heterocycles. The fourth-order valence-corrected chi connectivity index (χ4v) is 4.87. The highest BCUT2D eigenvalue weighted by atomic mass is 32.2. The van der Waals surface area contributed by atoms with Gasteiger partial charge in [-0.3, -0.25) is 19.2 Å². The van der Waals surface area contributed by atoms with Crippen LogP contribution in [0.5, 0.6) is 11.5 Å². The molecule has 0 aliphatic heterocycles. The van der Waals surface area contributed by atoms with E-state index in [9.17, 15) is 23.3 Å². The number of para-hydroxylation sites is 1. The number of sulfonamides is 1. The Morgan fingerprint density at radius 3 is 2.37 bits per heavy atom. The zero-order chi connectivity index (χ0) is 26.4. The molecule has 0 saturated carbocycles. The van der Waals surface area contributed by atoms with E-state index in [0.29, 0.717) is 5.75 Å². The second-order valence-corrected chi connectivity index (χ2v) is 10.8. The minimum atomic E-state index is -4.01. The molecule has 35 heavy (non-hydrogen) atoms. The highest BCUT2D eigenvalue weighted by Crippen LogP contribution is 2.35. The summed E-state index contributed by atoms with van der Waals surface area (Å²) >= 11 is 0. The van der Waals surface area contributed by atoms with Gasteiger partial charge in [-0.1, -0.05) is 45.9 Å². The van der Waals surface area contributed by atoms with Crippen molar-refractivity contribution in [2.45, 2.75) is 45.6 Å². The molecular weight excluding hydrogens is 474 g/mol. The average molecular weight is 508 g/mol. The molecule has 0 bridgehead atoms. The summed E-state index contributed by atoms with van der Waals surface area (Å²) < 4.78 is 37.4. The molecule has 0 radical (unpaired) electrons. The van der Waals surface area contributed by atoms with E-state index in [1.807, 2.05) is 24.3 Å². The standard InChI is InChI=1S/C24H33N3O7S/c1-7-19(23(28)25-14-15-34-21-11-9-8-10-18(21)24(2,3)4)26(35(6,31)32)20-16-17(27(29)30)12-13-22(20)33-5/h8-13,16,19H,7,14-15H2,1-6H3,(H,25,28)/t19-/m0/s1. The molecule has 2 aromatic rings. The number of non-ortho nitro benzene ring substituents is 1. The van der Waals surface area contributed by atoms with Crippen molar-refractivity contribution >= 4 is 27.3 Å². The van der Waals surface area contributed by atoms with Crippen LogP contribution in [-0.4, -0.2) is 51.8 Å². The van der Waals surface area contributed by atoms with Crippen LogP contribution in [0, 0.1) is 10.1 Å². The SMILES string of the molecule is CC[C@@H](C(=O)NCCOc1ccccc1C(C)(C)C)N(c1cc([N+](=O)[O-])ccc1OC)S(C)(=O)=O. The molecule has 10 nitrogen and oxygen atoms in total. The quantitative estimate of drug-likeness (QED) is 0.279. The number of nitrogens with one attached hydrogen (secondary N) is 1. The van der Waals surface area contributed by atoms with Crippen molar-refractivity contribution in [1.29, 1.82) is 0 Å². The zero-order valence-corrected chi connectivity index (χ0v) is 21.7. The number of ether oxygens (including phenoxy) is 2. The van der Waals surface area contributed by atoms with Crippen LogP contribution in [0.4, 0.5) is 11.4 Å². The van der Waals surface area contributed by atoms with Crippen LogP contribution >= 0.6 is 0 Å². The third-order valence-electron chi connectivity index (χ3n) is 5.29. The fraction of sp³-hybridized carbons (Fsp3) is 0.458. The van der Waals surface area contributed by atoms with Crippen molar-refractivity contribution in [2.24, 2.45) is 0 Å². The van der Waals surface area contributed by atoms with Gasteiger partial charge in [0.25, 0.3) is 5.69 Å². The molecule has 1 atom stereocenters. The number of nitrogens with zero attached hydrogens (tertiary/aromatic N) is 2. The molecule has 0 aliphatic rings. The van der Waals surface area contributed by atoms with Crippen LogP contribution in [0.25, 0.3) is 0 Å². The molecule has 1 amide bonds. The summed E-state index contributed by atoms with van der Waals surface area (Å²) in [4.78, 5) is 23.7. The number of methoxy groups -OCH3 is 1. The van der Waals surface area contributed by atoms with E-state index in [1.54, 1.807) is 6.92 Å². The second-order valence-electron chi connectivity index (χ2n) is 8.98. The van der Waals surface area contributed by atoms with Gasteiger partial charge in [0, 0.05) is 12.1 Å². The van der Waals surface area contributed by atoms with E-state index < -0.39 is 26.9 Å². The van der Waals surface area contributed by atoms with Gasteiger partial charge in [0.2, 0.25) is 15.9 Å². The minimum Gasteiger partial charge on any atom is -0.495 e. The van der Waals surface area contributed by atoms with Crippen LogP contribution in [0.15, 0.2) is 42.5 Å². The Bertz CT molecular complexity index is 1160. The first-order valence-electron chi connectivity index (χ1n) is 11.1. The summed E-state index contributed by atoms with van der Waals surface area (Å²) in [5.74, 6) is 0.244. The van der Waals surface area contributed by atoms with Crippen LogP contribution in [0.1, 0.15) is 39.7 Å². The Morgan fingerprint density at radius 2 is 1.83 bits per heavy atom. The zero-order valence-electron chi connectivity index (χ0n) is 20.9. The number of anilines is 1. The van der Waals surface area contributed by atoms with Gasteiger partial charge in [-0.05, 0) is 29.5 Å². The molecule has 2 aromatic carbocycles. The molecular formula is C24H33N3O7S. The Balaban J connectivity index is 2.23. The van der Waals surface area contributed by atoms with Gasteiger partial charge in [0.15, 0.2) is 0 Å². The predicted molar refractivity (Wildman–Crippen MR) is 135 cm³/mol. The van der Waals surface area contributed by atoms with Gasteiger partial charge in [-0.15, -0.1) is 0 Å². The number of carbonyl (C=O) groups is 1. The molecule has 2 rings (SSSR count). The molecule has 0 fully saturated rings. The van der Waals surface area contributed by atoms with E-state index >= 15 is 0 Å². The van der Waals surface area contributed by atoms with Gasteiger partial charge < -0.3 is 14.8 Å². The highest BCUT2D eigenvalue weighted by Gasteiger charge is 2.34. The summed E-state index contributed by atoms with van der Waals surface area (Å²) in [6.07, 6.45) is 1.06. The monoisotopic (exact) mass is 507 g/mol. The summed E-state index contributed by atoms with van der Waals surface area (Å²) in [5, 5.41) is 14.0. The number of rotatable bonds is 11. The maximum absolute atomic E-state index is 13.0. The molecule has 11 heteroatoms. The van der Waals surface area contributed by atoms with Gasteiger partial charge in [-0.2, -0.15) is 0 Å². The predicted octanol–water partition coefficient (Wildman–Crippen LogP) is 3.64. The van der Waals surface area contributed by atoms with Crippen molar-refractivity contribution in [3.8, 4) is 11.5 Å². The third-order valence-corrected chi connectivity index (χ3v) is 6.46. The van der Waals surface area contributed by atoms with Gasteiger partial charge >= 0.3 is 0 Å².